The molecule has 0 radical (unpaired) electrons. The van der Waals surface area contributed by atoms with E-state index < -0.39 is 29.6 Å². The monoisotopic (exact) mass is 382 g/mol. The van der Waals surface area contributed by atoms with Gasteiger partial charge in [-0.25, -0.2) is 9.18 Å². The largest absolute Gasteiger partial charge is 0.447 e. The minimum Gasteiger partial charge on any atom is -0.447 e. The number of rotatable bonds is 4. The zero-order valence-corrected chi connectivity index (χ0v) is 13.8. The lowest BCUT2D eigenvalue weighted by Gasteiger charge is -2.14. The first-order chi connectivity index (χ1) is 12.8. The van der Waals surface area contributed by atoms with Crippen molar-refractivity contribution in [2.45, 2.75) is 12.7 Å². The Labute approximate surface area is 151 Å². The first-order valence-electron chi connectivity index (χ1n) is 7.94. The average molecular weight is 382 g/mol. The molecular weight excluding hydrogens is 368 g/mol. The Morgan fingerprint density at radius 1 is 1.19 bits per heavy atom. The minimum atomic E-state index is -4.89. The van der Waals surface area contributed by atoms with Gasteiger partial charge in [-0.15, -0.1) is 0 Å². The van der Waals surface area contributed by atoms with Gasteiger partial charge in [0.05, 0.1) is 12.1 Å². The van der Waals surface area contributed by atoms with Crippen molar-refractivity contribution in [2.24, 2.45) is 0 Å². The maximum Gasteiger partial charge on any atom is 0.419 e. The van der Waals surface area contributed by atoms with Crippen molar-refractivity contribution < 1.29 is 31.9 Å². The molecule has 0 spiro atoms. The summed E-state index contributed by atoms with van der Waals surface area (Å²) in [6.45, 7) is 0.713. The summed E-state index contributed by atoms with van der Waals surface area (Å²) in [7, 11) is 0. The number of nitrogens with one attached hydrogen (secondary N) is 1. The van der Waals surface area contributed by atoms with Crippen molar-refractivity contribution in [2.75, 3.05) is 18.1 Å². The number of ether oxygens (including phenoxy) is 1. The van der Waals surface area contributed by atoms with Crippen LogP contribution in [0.5, 0.6) is 0 Å². The van der Waals surface area contributed by atoms with Crippen LogP contribution in [-0.4, -0.2) is 25.2 Å². The molecule has 1 aliphatic heterocycles. The third kappa shape index (κ3) is 4.18. The van der Waals surface area contributed by atoms with Crippen LogP contribution in [0, 0.1) is 5.82 Å². The molecule has 1 aliphatic rings. The molecule has 3 rings (SSSR count). The smallest absolute Gasteiger partial charge is 0.419 e. The molecule has 9 heteroatoms. The summed E-state index contributed by atoms with van der Waals surface area (Å²) in [5.74, 6) is -2.21. The zero-order chi connectivity index (χ0) is 19.6. The number of halogens is 4. The molecule has 5 nitrogen and oxygen atoms in total. The van der Waals surface area contributed by atoms with Crippen LogP contribution in [-0.2, 0) is 17.5 Å². The zero-order valence-electron chi connectivity index (χ0n) is 13.8. The second kappa shape index (κ2) is 7.26. The summed E-state index contributed by atoms with van der Waals surface area (Å²) >= 11 is 0. The predicted molar refractivity (Wildman–Crippen MR) is 87.7 cm³/mol. The molecule has 0 aromatic heterocycles. The Morgan fingerprint density at radius 2 is 1.96 bits per heavy atom. The topological polar surface area (TPSA) is 58.6 Å². The molecule has 2 aromatic rings. The van der Waals surface area contributed by atoms with Gasteiger partial charge in [-0.05, 0) is 35.9 Å². The summed E-state index contributed by atoms with van der Waals surface area (Å²) < 4.78 is 56.4. The van der Waals surface area contributed by atoms with Gasteiger partial charge in [0.15, 0.2) is 0 Å². The number of amides is 2. The maximum absolute atomic E-state index is 13.3. The Kier molecular flexibility index (Phi) is 5.02. The van der Waals surface area contributed by atoms with Gasteiger partial charge in [0.25, 0.3) is 5.91 Å². The normalized spacial score (nSPS) is 14.2. The molecule has 1 N–H and O–H groups in total. The lowest BCUT2D eigenvalue weighted by molar-refractivity contribution is -0.140. The number of hydrogen-bond acceptors (Lipinski definition) is 3. The Bertz CT molecular complexity index is 883. The second-order valence-corrected chi connectivity index (χ2v) is 5.81. The fourth-order valence-corrected chi connectivity index (χ4v) is 2.63. The second-order valence-electron chi connectivity index (χ2n) is 5.81. The van der Waals surface area contributed by atoms with E-state index in [1.165, 1.54) is 4.90 Å². The van der Waals surface area contributed by atoms with Crippen LogP contribution in [0.3, 0.4) is 0 Å². The first kappa shape index (κ1) is 18.7. The number of carbonyl (C=O) groups is 2. The molecule has 1 saturated heterocycles. The quantitative estimate of drug-likeness (QED) is 0.820. The number of cyclic esters (lactones) is 1. The van der Waals surface area contributed by atoms with Crippen molar-refractivity contribution in [3.63, 3.8) is 0 Å². The van der Waals surface area contributed by atoms with E-state index in [1.54, 1.807) is 24.3 Å². The van der Waals surface area contributed by atoms with E-state index in [4.69, 9.17) is 4.74 Å². The van der Waals surface area contributed by atoms with E-state index in [-0.39, 0.29) is 18.7 Å². The molecule has 0 unspecified atom stereocenters. The lowest BCUT2D eigenvalue weighted by atomic mass is 10.1. The van der Waals surface area contributed by atoms with E-state index >= 15 is 0 Å². The van der Waals surface area contributed by atoms with Gasteiger partial charge in [-0.1, -0.05) is 12.1 Å². The van der Waals surface area contributed by atoms with E-state index in [9.17, 15) is 27.2 Å². The van der Waals surface area contributed by atoms with Gasteiger partial charge in [-0.3, -0.25) is 9.69 Å². The maximum atomic E-state index is 13.3. The first-order valence-corrected chi connectivity index (χ1v) is 7.94. The highest BCUT2D eigenvalue weighted by Crippen LogP contribution is 2.31. The van der Waals surface area contributed by atoms with Crippen LogP contribution < -0.4 is 10.2 Å². The minimum absolute atomic E-state index is 0.0221. The van der Waals surface area contributed by atoms with Crippen LogP contribution >= 0.6 is 0 Å². The van der Waals surface area contributed by atoms with Gasteiger partial charge >= 0.3 is 12.3 Å². The van der Waals surface area contributed by atoms with Crippen molar-refractivity contribution in [1.29, 1.82) is 0 Å². The van der Waals surface area contributed by atoms with E-state index in [0.29, 0.717) is 29.9 Å². The third-order valence-electron chi connectivity index (χ3n) is 3.97. The van der Waals surface area contributed by atoms with Gasteiger partial charge in [0.1, 0.15) is 12.4 Å². The standard InChI is InChI=1S/C18H14F4N2O3/c19-15-5-4-12(9-14(15)18(20,21)22)16(25)23-10-11-2-1-3-13(8-11)24-6-7-27-17(24)26/h1-5,8-9H,6-7,10H2,(H,23,25). The van der Waals surface area contributed by atoms with E-state index in [1.807, 2.05) is 0 Å². The average Bonchev–Trinajstić information content (AvgIpc) is 3.05. The van der Waals surface area contributed by atoms with Crippen LogP contribution in [0.2, 0.25) is 0 Å². The van der Waals surface area contributed by atoms with Crippen molar-refractivity contribution in [3.8, 4) is 0 Å². The number of anilines is 1. The van der Waals surface area contributed by atoms with E-state index in [0.717, 1.165) is 6.07 Å². The van der Waals surface area contributed by atoms with E-state index in [2.05, 4.69) is 5.32 Å². The third-order valence-corrected chi connectivity index (χ3v) is 3.97. The molecule has 2 aromatic carbocycles. The molecule has 0 atom stereocenters. The summed E-state index contributed by atoms with van der Waals surface area (Å²) in [6.07, 6.45) is -5.36. The highest BCUT2D eigenvalue weighted by Gasteiger charge is 2.34. The van der Waals surface area contributed by atoms with Crippen LogP contribution in [0.15, 0.2) is 42.5 Å². The summed E-state index contributed by atoms with van der Waals surface area (Å²) in [5, 5.41) is 2.48. The fourth-order valence-electron chi connectivity index (χ4n) is 2.63. The highest BCUT2D eigenvalue weighted by atomic mass is 19.4. The molecular formula is C18H14F4N2O3. The number of carbonyl (C=O) groups excluding carboxylic acids is 2. The summed E-state index contributed by atoms with van der Waals surface area (Å²) in [6, 6.07) is 8.81. The molecule has 142 valence electrons. The fraction of sp³-hybridized carbons (Fsp3) is 0.222. The highest BCUT2D eigenvalue weighted by molar-refractivity contribution is 5.94. The summed E-state index contributed by atoms with van der Waals surface area (Å²) in [4.78, 5) is 25.1. The molecule has 1 fully saturated rings. The predicted octanol–water partition coefficient (Wildman–Crippen LogP) is 3.73. The van der Waals surface area contributed by atoms with Gasteiger partial charge in [-0.2, -0.15) is 13.2 Å². The van der Waals surface area contributed by atoms with Crippen LogP contribution in [0.4, 0.5) is 28.0 Å². The van der Waals surface area contributed by atoms with Crippen molar-refractivity contribution in [3.05, 3.63) is 65.0 Å². The Morgan fingerprint density at radius 3 is 2.63 bits per heavy atom. The van der Waals surface area contributed by atoms with Gasteiger partial charge in [0.2, 0.25) is 0 Å². The SMILES string of the molecule is O=C(NCc1cccc(N2CCOC2=O)c1)c1ccc(F)c(C(F)(F)F)c1. The number of benzene rings is 2. The van der Waals surface area contributed by atoms with Crippen molar-refractivity contribution in [1.82, 2.24) is 5.32 Å². The molecule has 0 saturated carbocycles. The Hall–Kier alpha value is -3.10. The molecule has 1 heterocycles. The lowest BCUT2D eigenvalue weighted by Crippen LogP contribution is -2.25. The number of nitrogens with zero attached hydrogens (tertiary/aromatic N) is 1. The van der Waals surface area contributed by atoms with Crippen LogP contribution in [0.1, 0.15) is 21.5 Å². The van der Waals surface area contributed by atoms with Crippen molar-refractivity contribution >= 4 is 17.7 Å². The van der Waals surface area contributed by atoms with Gasteiger partial charge < -0.3 is 10.1 Å². The number of alkyl halides is 3. The molecule has 0 bridgehead atoms. The van der Waals surface area contributed by atoms with Gasteiger partial charge in [0, 0.05) is 17.8 Å². The molecule has 0 aliphatic carbocycles. The molecule has 2 amide bonds. The Balaban J connectivity index is 1.70. The molecule has 27 heavy (non-hydrogen) atoms. The summed E-state index contributed by atoms with van der Waals surface area (Å²) in [5.41, 5.74) is -0.572. The number of hydrogen-bond donors (Lipinski definition) is 1. The van der Waals surface area contributed by atoms with Crippen LogP contribution in [0.25, 0.3) is 0 Å².